The summed E-state index contributed by atoms with van der Waals surface area (Å²) in [5.74, 6) is 0. The topological polar surface area (TPSA) is 13.1 Å². The zero-order valence-electron chi connectivity index (χ0n) is 14.6. The second kappa shape index (κ2) is 5.89. The van der Waals surface area contributed by atoms with Crippen LogP contribution in [0.4, 0.5) is 0 Å². The van der Waals surface area contributed by atoms with Crippen molar-refractivity contribution in [1.29, 1.82) is 0 Å². The van der Waals surface area contributed by atoms with Crippen molar-refractivity contribution >= 4 is 21.9 Å². The quantitative estimate of drug-likeness (QED) is 0.332. The van der Waals surface area contributed by atoms with Crippen molar-refractivity contribution in [3.63, 3.8) is 0 Å². The predicted octanol–water partition coefficient (Wildman–Crippen LogP) is 7.23. The third-order valence-corrected chi connectivity index (χ3v) is 4.95. The Morgan fingerprint density at radius 1 is 0.577 bits per heavy atom. The van der Waals surface area contributed by atoms with E-state index in [4.69, 9.17) is 4.42 Å². The van der Waals surface area contributed by atoms with E-state index in [1.165, 1.54) is 33.0 Å². The first-order valence-electron chi connectivity index (χ1n) is 8.87. The molecular weight excluding hydrogens is 316 g/mol. The summed E-state index contributed by atoms with van der Waals surface area (Å²) in [5.41, 5.74) is 7.95. The molecule has 1 heterocycles. The molecule has 0 saturated heterocycles. The number of benzene rings is 4. The first-order valence-corrected chi connectivity index (χ1v) is 8.87. The van der Waals surface area contributed by atoms with Gasteiger partial charge in [0.15, 0.2) is 0 Å². The molecular formula is C25H18O. The van der Waals surface area contributed by atoms with Gasteiger partial charge in [-0.05, 0) is 29.7 Å². The van der Waals surface area contributed by atoms with Gasteiger partial charge in [0.1, 0.15) is 11.2 Å². The maximum Gasteiger partial charge on any atom is 0.143 e. The average Bonchev–Trinajstić information content (AvgIpc) is 3.07. The average molecular weight is 334 g/mol. The normalized spacial score (nSPS) is 11.3. The van der Waals surface area contributed by atoms with Crippen molar-refractivity contribution in [1.82, 2.24) is 0 Å². The SMILES string of the molecule is Cc1cccc(-c2ccc(-c3cccc4c3oc3ccccc34)cc2)c1. The maximum absolute atomic E-state index is 6.17. The summed E-state index contributed by atoms with van der Waals surface area (Å²) in [6.07, 6.45) is 0. The molecule has 124 valence electrons. The Labute approximate surface area is 152 Å². The first-order chi connectivity index (χ1) is 12.8. The van der Waals surface area contributed by atoms with E-state index >= 15 is 0 Å². The summed E-state index contributed by atoms with van der Waals surface area (Å²) in [6, 6.07) is 31.9. The molecule has 0 fully saturated rings. The van der Waals surface area contributed by atoms with E-state index in [9.17, 15) is 0 Å². The van der Waals surface area contributed by atoms with Gasteiger partial charge in [-0.15, -0.1) is 0 Å². The maximum atomic E-state index is 6.17. The largest absolute Gasteiger partial charge is 0.455 e. The van der Waals surface area contributed by atoms with Crippen molar-refractivity contribution < 1.29 is 4.42 Å². The second-order valence-corrected chi connectivity index (χ2v) is 6.73. The fourth-order valence-corrected chi connectivity index (χ4v) is 3.64. The molecule has 0 radical (unpaired) electrons. The van der Waals surface area contributed by atoms with Gasteiger partial charge in [0, 0.05) is 16.3 Å². The molecule has 26 heavy (non-hydrogen) atoms. The molecule has 5 rings (SSSR count). The van der Waals surface area contributed by atoms with Gasteiger partial charge in [0.2, 0.25) is 0 Å². The predicted molar refractivity (Wildman–Crippen MR) is 109 cm³/mol. The molecule has 1 nitrogen and oxygen atoms in total. The third kappa shape index (κ3) is 2.41. The minimum atomic E-state index is 0.936. The minimum Gasteiger partial charge on any atom is -0.455 e. The van der Waals surface area contributed by atoms with Gasteiger partial charge in [-0.3, -0.25) is 0 Å². The van der Waals surface area contributed by atoms with Gasteiger partial charge in [-0.25, -0.2) is 0 Å². The molecule has 0 N–H and O–H groups in total. The summed E-state index contributed by atoms with van der Waals surface area (Å²) < 4.78 is 6.17. The van der Waals surface area contributed by atoms with Crippen molar-refractivity contribution in [2.24, 2.45) is 0 Å². The highest BCUT2D eigenvalue weighted by atomic mass is 16.3. The molecule has 4 aromatic carbocycles. The lowest BCUT2D eigenvalue weighted by Crippen LogP contribution is -1.82. The minimum absolute atomic E-state index is 0.936. The molecule has 0 spiro atoms. The molecule has 0 atom stereocenters. The van der Waals surface area contributed by atoms with Crippen molar-refractivity contribution in [3.05, 3.63) is 96.6 Å². The van der Waals surface area contributed by atoms with E-state index in [1.54, 1.807) is 0 Å². The van der Waals surface area contributed by atoms with Crippen LogP contribution >= 0.6 is 0 Å². The van der Waals surface area contributed by atoms with Crippen LogP contribution in [-0.2, 0) is 0 Å². The van der Waals surface area contributed by atoms with Gasteiger partial charge in [0.25, 0.3) is 0 Å². The lowest BCUT2D eigenvalue weighted by Gasteiger charge is -2.06. The van der Waals surface area contributed by atoms with Crippen LogP contribution < -0.4 is 0 Å². The molecule has 5 aromatic rings. The van der Waals surface area contributed by atoms with Gasteiger partial charge in [-0.2, -0.15) is 0 Å². The first kappa shape index (κ1) is 15.0. The highest BCUT2D eigenvalue weighted by molar-refractivity contribution is 6.09. The molecule has 0 aliphatic carbocycles. The molecule has 1 heteroatoms. The number of fused-ring (bicyclic) bond motifs is 3. The van der Waals surface area contributed by atoms with Crippen molar-refractivity contribution in [3.8, 4) is 22.3 Å². The van der Waals surface area contributed by atoms with Gasteiger partial charge < -0.3 is 4.42 Å². The second-order valence-electron chi connectivity index (χ2n) is 6.73. The lowest BCUT2D eigenvalue weighted by molar-refractivity contribution is 0.670. The summed E-state index contributed by atoms with van der Waals surface area (Å²) in [5, 5.41) is 2.33. The number of hydrogen-bond acceptors (Lipinski definition) is 1. The number of hydrogen-bond donors (Lipinski definition) is 0. The highest BCUT2D eigenvalue weighted by Gasteiger charge is 2.11. The van der Waals surface area contributed by atoms with Crippen molar-refractivity contribution in [2.45, 2.75) is 6.92 Å². The van der Waals surface area contributed by atoms with E-state index in [1.807, 2.05) is 12.1 Å². The van der Waals surface area contributed by atoms with Crippen LogP contribution in [0.3, 0.4) is 0 Å². The number of rotatable bonds is 2. The highest BCUT2D eigenvalue weighted by Crippen LogP contribution is 2.36. The molecule has 0 unspecified atom stereocenters. The van der Waals surface area contributed by atoms with Crippen LogP contribution in [0.5, 0.6) is 0 Å². The fraction of sp³-hybridized carbons (Fsp3) is 0.0400. The zero-order chi connectivity index (χ0) is 17.5. The number of furan rings is 1. The van der Waals surface area contributed by atoms with Crippen LogP contribution in [0.1, 0.15) is 5.56 Å². The Bertz CT molecular complexity index is 1230. The van der Waals surface area contributed by atoms with Crippen LogP contribution in [-0.4, -0.2) is 0 Å². The van der Waals surface area contributed by atoms with Gasteiger partial charge in [0.05, 0.1) is 0 Å². The van der Waals surface area contributed by atoms with Crippen LogP contribution in [0.15, 0.2) is 95.4 Å². The molecule has 0 aliphatic rings. The third-order valence-electron chi connectivity index (χ3n) is 4.95. The summed E-state index contributed by atoms with van der Waals surface area (Å²) in [6.45, 7) is 2.13. The molecule has 1 aromatic heterocycles. The zero-order valence-corrected chi connectivity index (χ0v) is 14.6. The van der Waals surface area contributed by atoms with E-state index in [-0.39, 0.29) is 0 Å². The Kier molecular flexibility index (Phi) is 3.39. The Morgan fingerprint density at radius 2 is 1.31 bits per heavy atom. The van der Waals surface area contributed by atoms with Crippen LogP contribution in [0.25, 0.3) is 44.2 Å². The van der Waals surface area contributed by atoms with E-state index < -0.39 is 0 Å². The molecule has 0 saturated carbocycles. The van der Waals surface area contributed by atoms with Gasteiger partial charge >= 0.3 is 0 Å². The summed E-state index contributed by atoms with van der Waals surface area (Å²) in [4.78, 5) is 0. The van der Waals surface area contributed by atoms with Crippen molar-refractivity contribution in [2.75, 3.05) is 0 Å². The molecule has 0 amide bonds. The number of para-hydroxylation sites is 2. The Balaban J connectivity index is 1.64. The standard InChI is InChI=1S/C25H18O/c1-17-6-4-7-20(16-17)18-12-14-19(15-13-18)21-9-5-10-23-22-8-2-3-11-24(22)26-25(21)23/h2-16H,1H3. The van der Waals surface area contributed by atoms with E-state index in [0.717, 1.165) is 16.7 Å². The van der Waals surface area contributed by atoms with Crippen LogP contribution in [0.2, 0.25) is 0 Å². The Morgan fingerprint density at radius 3 is 2.15 bits per heavy atom. The molecule has 0 aliphatic heterocycles. The van der Waals surface area contributed by atoms with Gasteiger partial charge in [-0.1, -0.05) is 90.5 Å². The summed E-state index contributed by atoms with van der Waals surface area (Å²) in [7, 11) is 0. The Hall–Kier alpha value is -3.32. The molecule has 0 bridgehead atoms. The monoisotopic (exact) mass is 334 g/mol. The summed E-state index contributed by atoms with van der Waals surface area (Å²) >= 11 is 0. The van der Waals surface area contributed by atoms with Crippen LogP contribution in [0, 0.1) is 6.92 Å². The smallest absolute Gasteiger partial charge is 0.143 e. The fourth-order valence-electron chi connectivity index (χ4n) is 3.64. The number of aryl methyl sites for hydroxylation is 1. The van der Waals surface area contributed by atoms with E-state index in [0.29, 0.717) is 0 Å². The van der Waals surface area contributed by atoms with E-state index in [2.05, 4.69) is 85.8 Å². The lowest BCUT2D eigenvalue weighted by atomic mass is 9.98.